The van der Waals surface area contributed by atoms with Crippen molar-refractivity contribution in [3.05, 3.63) is 69.5 Å². The van der Waals surface area contributed by atoms with E-state index >= 15 is 0 Å². The van der Waals surface area contributed by atoms with Crippen molar-refractivity contribution in [2.45, 2.75) is 6.42 Å². The van der Waals surface area contributed by atoms with Crippen LogP contribution in [0.5, 0.6) is 5.75 Å². The zero-order chi connectivity index (χ0) is 13.8. The second-order valence-corrected chi connectivity index (χ2v) is 4.02. The van der Waals surface area contributed by atoms with Crippen molar-refractivity contribution in [1.82, 2.24) is 0 Å². The summed E-state index contributed by atoms with van der Waals surface area (Å²) in [4.78, 5) is 10.5. The summed E-state index contributed by atoms with van der Waals surface area (Å²) in [5.41, 5.74) is 1.32. The molecular weight excluding hydrogens is 249 g/mol. The van der Waals surface area contributed by atoms with Crippen LogP contribution in [0.3, 0.4) is 0 Å². The molecule has 0 aliphatic carbocycles. The van der Waals surface area contributed by atoms with Crippen LogP contribution in [0.2, 0.25) is 0 Å². The van der Waals surface area contributed by atoms with Gasteiger partial charge in [-0.25, -0.2) is 4.39 Å². The highest BCUT2D eigenvalue weighted by Crippen LogP contribution is 2.26. The zero-order valence-electron chi connectivity index (χ0n) is 10.3. The maximum absolute atomic E-state index is 13.1. The van der Waals surface area contributed by atoms with Crippen LogP contribution in [-0.4, -0.2) is 12.0 Å². The maximum Gasteiger partial charge on any atom is 0.272 e. The second-order valence-electron chi connectivity index (χ2n) is 4.02. The number of hydrogen-bond donors (Lipinski definition) is 0. The van der Waals surface area contributed by atoms with Crippen molar-refractivity contribution in [2.24, 2.45) is 0 Å². The first kappa shape index (κ1) is 13.0. The fourth-order valence-corrected chi connectivity index (χ4v) is 1.91. The van der Waals surface area contributed by atoms with Crippen LogP contribution in [-0.2, 0) is 6.42 Å². The molecule has 0 aliphatic rings. The summed E-state index contributed by atoms with van der Waals surface area (Å²) >= 11 is 0. The molecule has 0 unspecified atom stereocenters. The van der Waals surface area contributed by atoms with E-state index in [-0.39, 0.29) is 5.69 Å². The lowest BCUT2D eigenvalue weighted by molar-refractivity contribution is -0.385. The standard InChI is InChI=1S/C14H12FNO3/c1-19-14-9-12(15)7-6-11(14)8-10-4-2-3-5-13(10)16(17)18/h2-7,9H,8H2,1H3. The molecule has 0 radical (unpaired) electrons. The lowest BCUT2D eigenvalue weighted by Crippen LogP contribution is -1.98. The van der Waals surface area contributed by atoms with E-state index in [1.807, 2.05) is 0 Å². The minimum atomic E-state index is -0.425. The fourth-order valence-electron chi connectivity index (χ4n) is 1.91. The van der Waals surface area contributed by atoms with E-state index in [0.717, 1.165) is 0 Å². The number of nitrogens with zero attached hydrogens (tertiary/aromatic N) is 1. The molecule has 0 saturated carbocycles. The Morgan fingerprint density at radius 3 is 2.63 bits per heavy atom. The van der Waals surface area contributed by atoms with Crippen molar-refractivity contribution < 1.29 is 14.1 Å². The molecule has 2 aromatic rings. The molecule has 0 amide bonds. The van der Waals surface area contributed by atoms with Crippen LogP contribution in [0.4, 0.5) is 10.1 Å². The highest BCUT2D eigenvalue weighted by molar-refractivity contribution is 5.46. The Kier molecular flexibility index (Phi) is 3.75. The second kappa shape index (κ2) is 5.48. The van der Waals surface area contributed by atoms with Gasteiger partial charge in [-0.05, 0) is 11.6 Å². The van der Waals surface area contributed by atoms with Crippen LogP contribution in [0.25, 0.3) is 0 Å². The first-order valence-electron chi connectivity index (χ1n) is 5.66. The number of nitro benzene ring substituents is 1. The molecule has 4 nitrogen and oxygen atoms in total. The van der Waals surface area contributed by atoms with Crippen molar-refractivity contribution in [3.8, 4) is 5.75 Å². The largest absolute Gasteiger partial charge is 0.496 e. The first-order valence-corrected chi connectivity index (χ1v) is 5.66. The molecule has 0 aromatic heterocycles. The van der Waals surface area contributed by atoms with Crippen LogP contribution in [0, 0.1) is 15.9 Å². The van der Waals surface area contributed by atoms with E-state index in [0.29, 0.717) is 23.3 Å². The van der Waals surface area contributed by atoms with Crippen molar-refractivity contribution in [3.63, 3.8) is 0 Å². The maximum atomic E-state index is 13.1. The molecule has 0 saturated heterocycles. The third-order valence-electron chi connectivity index (χ3n) is 2.82. The van der Waals surface area contributed by atoms with Gasteiger partial charge in [-0.1, -0.05) is 24.3 Å². The van der Waals surface area contributed by atoms with E-state index in [2.05, 4.69) is 0 Å². The van der Waals surface area contributed by atoms with E-state index in [1.165, 1.54) is 25.3 Å². The summed E-state index contributed by atoms with van der Waals surface area (Å²) in [7, 11) is 1.44. The van der Waals surface area contributed by atoms with Gasteiger partial charge in [0.1, 0.15) is 11.6 Å². The van der Waals surface area contributed by atoms with Crippen LogP contribution >= 0.6 is 0 Å². The minimum Gasteiger partial charge on any atom is -0.496 e. The summed E-state index contributed by atoms with van der Waals surface area (Å²) in [6.07, 6.45) is 0.320. The quantitative estimate of drug-likeness (QED) is 0.626. The molecule has 0 spiro atoms. The number of ether oxygens (including phenoxy) is 1. The third-order valence-corrected chi connectivity index (χ3v) is 2.82. The summed E-state index contributed by atoms with van der Waals surface area (Å²) in [5, 5.41) is 10.9. The summed E-state index contributed by atoms with van der Waals surface area (Å²) < 4.78 is 18.2. The van der Waals surface area contributed by atoms with E-state index in [4.69, 9.17) is 4.74 Å². The van der Waals surface area contributed by atoms with Gasteiger partial charge in [0.15, 0.2) is 0 Å². The van der Waals surface area contributed by atoms with Gasteiger partial charge in [0.05, 0.1) is 12.0 Å². The predicted molar refractivity (Wildman–Crippen MR) is 68.9 cm³/mol. The molecule has 2 aromatic carbocycles. The monoisotopic (exact) mass is 261 g/mol. The van der Waals surface area contributed by atoms with Gasteiger partial charge in [0, 0.05) is 24.1 Å². The molecule has 0 fully saturated rings. The SMILES string of the molecule is COc1cc(F)ccc1Cc1ccccc1[N+](=O)[O-]. The van der Waals surface area contributed by atoms with Crippen molar-refractivity contribution >= 4 is 5.69 Å². The van der Waals surface area contributed by atoms with Gasteiger partial charge < -0.3 is 4.74 Å². The molecule has 0 heterocycles. The van der Waals surface area contributed by atoms with Gasteiger partial charge in [0.25, 0.3) is 5.69 Å². The first-order chi connectivity index (χ1) is 9.11. The number of hydrogen-bond acceptors (Lipinski definition) is 3. The van der Waals surface area contributed by atoms with Gasteiger partial charge >= 0.3 is 0 Å². The normalized spacial score (nSPS) is 10.2. The predicted octanol–water partition coefficient (Wildman–Crippen LogP) is 3.33. The van der Waals surface area contributed by atoms with Gasteiger partial charge in [-0.3, -0.25) is 10.1 Å². The Balaban J connectivity index is 2.39. The Morgan fingerprint density at radius 2 is 1.95 bits per heavy atom. The Morgan fingerprint density at radius 1 is 1.21 bits per heavy atom. The van der Waals surface area contributed by atoms with E-state index in [1.54, 1.807) is 24.3 Å². The lowest BCUT2D eigenvalue weighted by atomic mass is 10.0. The summed E-state index contributed by atoms with van der Waals surface area (Å²) in [6.45, 7) is 0. The summed E-state index contributed by atoms with van der Waals surface area (Å²) in [5.74, 6) is -0.0127. The van der Waals surface area contributed by atoms with E-state index < -0.39 is 10.7 Å². The number of para-hydroxylation sites is 1. The fraction of sp³-hybridized carbons (Fsp3) is 0.143. The summed E-state index contributed by atoms with van der Waals surface area (Å²) in [6, 6.07) is 10.6. The Bertz CT molecular complexity index is 613. The van der Waals surface area contributed by atoms with Crippen molar-refractivity contribution in [2.75, 3.05) is 7.11 Å². The number of halogens is 1. The molecule has 5 heteroatoms. The average Bonchev–Trinajstić information content (AvgIpc) is 2.41. The number of benzene rings is 2. The number of nitro groups is 1. The number of methoxy groups -OCH3 is 1. The highest BCUT2D eigenvalue weighted by Gasteiger charge is 2.14. The number of rotatable bonds is 4. The lowest BCUT2D eigenvalue weighted by Gasteiger charge is -2.08. The van der Waals surface area contributed by atoms with Crippen LogP contribution in [0.15, 0.2) is 42.5 Å². The molecule has 0 N–H and O–H groups in total. The topological polar surface area (TPSA) is 52.4 Å². The zero-order valence-corrected chi connectivity index (χ0v) is 10.3. The van der Waals surface area contributed by atoms with Crippen LogP contribution < -0.4 is 4.74 Å². The van der Waals surface area contributed by atoms with E-state index in [9.17, 15) is 14.5 Å². The third kappa shape index (κ3) is 2.88. The average molecular weight is 261 g/mol. The van der Waals surface area contributed by atoms with Gasteiger partial charge in [-0.2, -0.15) is 0 Å². The highest BCUT2D eigenvalue weighted by atomic mass is 19.1. The molecule has 0 bridgehead atoms. The Labute approximate surface area is 109 Å². The Hall–Kier alpha value is -2.43. The minimum absolute atomic E-state index is 0.0499. The van der Waals surface area contributed by atoms with Crippen molar-refractivity contribution in [1.29, 1.82) is 0 Å². The molecule has 0 aliphatic heterocycles. The van der Waals surface area contributed by atoms with Gasteiger partial charge in [-0.15, -0.1) is 0 Å². The molecule has 98 valence electrons. The molecule has 19 heavy (non-hydrogen) atoms. The smallest absolute Gasteiger partial charge is 0.272 e. The van der Waals surface area contributed by atoms with Gasteiger partial charge in [0.2, 0.25) is 0 Å². The molecule has 0 atom stereocenters. The van der Waals surface area contributed by atoms with Crippen LogP contribution in [0.1, 0.15) is 11.1 Å². The molecule has 2 rings (SSSR count). The molecular formula is C14H12FNO3.